The number of hydrogen-bond donors (Lipinski definition) is 0. The van der Waals surface area contributed by atoms with Crippen LogP contribution >= 0.6 is 0 Å². The van der Waals surface area contributed by atoms with Gasteiger partial charge < -0.3 is 4.90 Å². The average Bonchev–Trinajstić information content (AvgIpc) is 2.42. The number of rotatable bonds is 3. The van der Waals surface area contributed by atoms with Crippen molar-refractivity contribution in [3.8, 4) is 0 Å². The Morgan fingerprint density at radius 1 is 0.947 bits per heavy atom. The van der Waals surface area contributed by atoms with Gasteiger partial charge >= 0.3 is 0 Å². The summed E-state index contributed by atoms with van der Waals surface area (Å²) < 4.78 is 0. The summed E-state index contributed by atoms with van der Waals surface area (Å²) >= 11 is 0. The molecule has 0 heterocycles. The van der Waals surface area contributed by atoms with Gasteiger partial charge in [-0.25, -0.2) is 0 Å². The Labute approximate surface area is 115 Å². The Kier molecular flexibility index (Phi) is 4.06. The number of hydrogen-bond acceptors (Lipinski definition) is 1. The molecule has 98 valence electrons. The lowest BCUT2D eigenvalue weighted by molar-refractivity contribution is 1.13. The smallest absolute Gasteiger partial charge is 0.0361 e. The standard InChI is InChI=1S/C18H21N/c1-5-18(15-8-6-14(2)7-9-15)16-10-12-17(13-11-16)19(3)4/h6-13H,2,5H2,1,3-4H3. The lowest BCUT2D eigenvalue weighted by Gasteiger charge is -2.13. The molecule has 2 aromatic rings. The molecule has 0 aliphatic heterocycles. The molecule has 2 aromatic carbocycles. The van der Waals surface area contributed by atoms with Crippen molar-refractivity contribution in [2.75, 3.05) is 19.0 Å². The summed E-state index contributed by atoms with van der Waals surface area (Å²) in [5.41, 5.74) is 3.91. The predicted octanol–water partition coefficient (Wildman–Crippen LogP) is 2.77. The van der Waals surface area contributed by atoms with Crippen molar-refractivity contribution in [2.45, 2.75) is 13.3 Å². The van der Waals surface area contributed by atoms with E-state index in [-0.39, 0.29) is 0 Å². The van der Waals surface area contributed by atoms with Crippen molar-refractivity contribution in [2.24, 2.45) is 0 Å². The summed E-state index contributed by atoms with van der Waals surface area (Å²) in [5, 5.41) is 2.34. The number of benzene rings is 2. The molecule has 19 heavy (non-hydrogen) atoms. The zero-order valence-electron chi connectivity index (χ0n) is 12.0. The zero-order chi connectivity index (χ0) is 13.8. The van der Waals surface area contributed by atoms with Crippen LogP contribution in [0.4, 0.5) is 5.69 Å². The first-order valence-electron chi connectivity index (χ1n) is 6.67. The lowest BCUT2D eigenvalue weighted by atomic mass is 10.00. The van der Waals surface area contributed by atoms with Gasteiger partial charge in [0.1, 0.15) is 0 Å². The van der Waals surface area contributed by atoms with Gasteiger partial charge in [-0.15, -0.1) is 0 Å². The van der Waals surface area contributed by atoms with E-state index in [1.807, 2.05) is 0 Å². The fraction of sp³-hybridized carbons (Fsp3) is 0.222. The van der Waals surface area contributed by atoms with Gasteiger partial charge in [0.15, 0.2) is 0 Å². The second kappa shape index (κ2) is 5.75. The number of nitrogens with zero attached hydrogens (tertiary/aromatic N) is 1. The molecular formula is C18H21N. The lowest BCUT2D eigenvalue weighted by Crippen LogP contribution is -2.11. The third-order valence-corrected chi connectivity index (χ3v) is 3.39. The third kappa shape index (κ3) is 3.05. The van der Waals surface area contributed by atoms with E-state index in [1.54, 1.807) is 0 Å². The predicted molar refractivity (Wildman–Crippen MR) is 84.8 cm³/mol. The van der Waals surface area contributed by atoms with Gasteiger partial charge in [-0.2, -0.15) is 0 Å². The highest BCUT2D eigenvalue weighted by Crippen LogP contribution is 2.19. The maximum absolute atomic E-state index is 3.94. The van der Waals surface area contributed by atoms with Gasteiger partial charge in [-0.3, -0.25) is 0 Å². The molecule has 0 amide bonds. The fourth-order valence-electron chi connectivity index (χ4n) is 2.24. The van der Waals surface area contributed by atoms with Gasteiger partial charge in [0.05, 0.1) is 0 Å². The molecule has 0 fully saturated rings. The van der Waals surface area contributed by atoms with Crippen LogP contribution in [-0.4, -0.2) is 14.1 Å². The first kappa shape index (κ1) is 13.4. The van der Waals surface area contributed by atoms with E-state index >= 15 is 0 Å². The first-order valence-corrected chi connectivity index (χ1v) is 6.67. The Hall–Kier alpha value is -2.02. The van der Waals surface area contributed by atoms with Crippen LogP contribution in [0.2, 0.25) is 0 Å². The highest BCUT2D eigenvalue weighted by atomic mass is 15.1. The summed E-state index contributed by atoms with van der Waals surface area (Å²) in [5.74, 6) is 0. The second-order valence-corrected chi connectivity index (χ2v) is 4.97. The van der Waals surface area contributed by atoms with Crippen LogP contribution in [0.1, 0.15) is 18.9 Å². The third-order valence-electron chi connectivity index (χ3n) is 3.39. The van der Waals surface area contributed by atoms with Crippen LogP contribution < -0.4 is 15.3 Å². The molecule has 0 bridgehead atoms. The molecule has 0 saturated heterocycles. The van der Waals surface area contributed by atoms with Crippen molar-refractivity contribution >= 4 is 17.8 Å². The van der Waals surface area contributed by atoms with Gasteiger partial charge in [0, 0.05) is 19.8 Å². The molecule has 0 spiro atoms. The van der Waals surface area contributed by atoms with E-state index in [0.717, 1.165) is 11.6 Å². The molecule has 0 aromatic heterocycles. The van der Waals surface area contributed by atoms with E-state index in [4.69, 9.17) is 0 Å². The van der Waals surface area contributed by atoms with E-state index in [1.165, 1.54) is 22.0 Å². The summed E-state index contributed by atoms with van der Waals surface area (Å²) in [4.78, 5) is 2.12. The maximum Gasteiger partial charge on any atom is 0.0361 e. The minimum Gasteiger partial charge on any atom is -0.378 e. The van der Waals surface area contributed by atoms with Crippen molar-refractivity contribution in [1.29, 1.82) is 0 Å². The van der Waals surface area contributed by atoms with Crippen molar-refractivity contribution in [3.63, 3.8) is 0 Å². The molecule has 0 atom stereocenters. The molecular weight excluding hydrogens is 230 g/mol. The zero-order valence-corrected chi connectivity index (χ0v) is 12.0. The van der Waals surface area contributed by atoms with Crippen LogP contribution in [0.25, 0.3) is 12.2 Å². The SMILES string of the molecule is C=c1ccc(=C(CC)c2ccc(N(C)C)cc2)cc1. The van der Waals surface area contributed by atoms with Crippen LogP contribution in [-0.2, 0) is 0 Å². The van der Waals surface area contributed by atoms with Crippen LogP contribution in [0.15, 0.2) is 48.5 Å². The molecule has 0 radical (unpaired) electrons. The van der Waals surface area contributed by atoms with Crippen LogP contribution in [0.3, 0.4) is 0 Å². The minimum absolute atomic E-state index is 1.03. The van der Waals surface area contributed by atoms with E-state index < -0.39 is 0 Å². The molecule has 0 unspecified atom stereocenters. The Morgan fingerprint density at radius 3 is 2.00 bits per heavy atom. The van der Waals surface area contributed by atoms with Gasteiger partial charge in [0.2, 0.25) is 0 Å². The summed E-state index contributed by atoms with van der Waals surface area (Å²) in [6, 6.07) is 17.2. The van der Waals surface area contributed by atoms with Gasteiger partial charge in [-0.1, -0.05) is 49.9 Å². The maximum atomic E-state index is 3.94. The topological polar surface area (TPSA) is 3.24 Å². The van der Waals surface area contributed by atoms with Crippen molar-refractivity contribution in [3.05, 3.63) is 64.5 Å². The van der Waals surface area contributed by atoms with Crippen molar-refractivity contribution in [1.82, 2.24) is 0 Å². The Bertz CT molecular complexity index is 628. The quantitative estimate of drug-likeness (QED) is 0.811. The van der Waals surface area contributed by atoms with Crippen LogP contribution in [0, 0.1) is 0 Å². The summed E-state index contributed by atoms with van der Waals surface area (Å²) in [6.07, 6.45) is 1.03. The Morgan fingerprint density at radius 2 is 1.53 bits per heavy atom. The van der Waals surface area contributed by atoms with Gasteiger partial charge in [0.25, 0.3) is 0 Å². The molecule has 1 nitrogen and oxygen atoms in total. The highest BCUT2D eigenvalue weighted by molar-refractivity contribution is 5.67. The largest absolute Gasteiger partial charge is 0.378 e. The Balaban J connectivity index is 2.51. The molecule has 0 saturated carbocycles. The fourth-order valence-corrected chi connectivity index (χ4v) is 2.24. The second-order valence-electron chi connectivity index (χ2n) is 4.97. The van der Waals surface area contributed by atoms with Gasteiger partial charge in [-0.05, 0) is 40.1 Å². The molecule has 0 aliphatic carbocycles. The van der Waals surface area contributed by atoms with Crippen molar-refractivity contribution < 1.29 is 0 Å². The number of anilines is 1. The van der Waals surface area contributed by atoms with E-state index in [2.05, 4.69) is 81.0 Å². The highest BCUT2D eigenvalue weighted by Gasteiger charge is 2.01. The normalized spacial score (nSPS) is 10.3. The van der Waals surface area contributed by atoms with E-state index in [0.29, 0.717) is 0 Å². The molecule has 2 rings (SSSR count). The van der Waals surface area contributed by atoms with E-state index in [9.17, 15) is 0 Å². The summed E-state index contributed by atoms with van der Waals surface area (Å²) in [6.45, 7) is 6.14. The minimum atomic E-state index is 1.03. The molecule has 1 heteroatoms. The first-order chi connectivity index (χ1) is 9.11. The molecule has 0 N–H and O–H groups in total. The molecule has 0 aliphatic rings. The monoisotopic (exact) mass is 251 g/mol. The summed E-state index contributed by atoms with van der Waals surface area (Å²) in [7, 11) is 4.12. The average molecular weight is 251 g/mol. The van der Waals surface area contributed by atoms with Crippen LogP contribution in [0.5, 0.6) is 0 Å².